The number of carbonyl (C=O) groups excluding carboxylic acids is 1. The Balaban J connectivity index is 1.81. The van der Waals surface area contributed by atoms with Gasteiger partial charge in [-0.3, -0.25) is 9.59 Å². The molecular weight excluding hydrogens is 400 g/mol. The van der Waals surface area contributed by atoms with Crippen LogP contribution in [0.15, 0.2) is 4.79 Å². The maximum absolute atomic E-state index is 12.9. The first kappa shape index (κ1) is 22.6. The van der Waals surface area contributed by atoms with E-state index in [4.69, 9.17) is 4.74 Å². The molecule has 1 amide bonds. The average molecular weight is 433 g/mol. The second-order valence-electron chi connectivity index (χ2n) is 9.22. The molecule has 2 aromatic heterocycles. The summed E-state index contributed by atoms with van der Waals surface area (Å²) in [7, 11) is 1.63. The van der Waals surface area contributed by atoms with E-state index >= 15 is 0 Å². The molecule has 8 heteroatoms. The zero-order chi connectivity index (χ0) is 22.2. The number of aromatic nitrogens is 3. The lowest BCUT2D eigenvalue weighted by Crippen LogP contribution is -2.45. The minimum absolute atomic E-state index is 0.0279. The normalized spacial score (nSPS) is 19.7. The Kier molecular flexibility index (Phi) is 6.48. The number of nitrogens with zero attached hydrogens (tertiary/aromatic N) is 3. The first-order chi connectivity index (χ1) is 14.0. The Bertz CT molecular complexity index is 1000. The van der Waals surface area contributed by atoms with Gasteiger partial charge in [-0.2, -0.15) is 5.10 Å². The fraction of sp³-hybridized carbons (Fsp3) is 0.636. The van der Waals surface area contributed by atoms with Gasteiger partial charge in [0.2, 0.25) is 0 Å². The number of ether oxygens (including phenoxy) is 1. The van der Waals surface area contributed by atoms with Gasteiger partial charge in [0.15, 0.2) is 0 Å². The summed E-state index contributed by atoms with van der Waals surface area (Å²) in [5, 5.41) is 7.87. The van der Waals surface area contributed by atoms with Crippen LogP contribution in [0.4, 0.5) is 0 Å². The van der Waals surface area contributed by atoms with Crippen molar-refractivity contribution in [3.05, 3.63) is 32.2 Å². The maximum Gasteiger partial charge on any atom is 0.277 e. The molecule has 1 N–H and O–H groups in total. The van der Waals surface area contributed by atoms with Crippen LogP contribution in [0, 0.1) is 32.1 Å². The second kappa shape index (κ2) is 8.59. The molecule has 1 saturated heterocycles. The molecule has 0 aromatic carbocycles. The molecule has 1 aliphatic rings. The Morgan fingerprint density at radius 1 is 1.27 bits per heavy atom. The molecule has 0 radical (unpaired) electrons. The third kappa shape index (κ3) is 4.49. The molecule has 164 valence electrons. The monoisotopic (exact) mass is 432 g/mol. The fourth-order valence-electron chi connectivity index (χ4n) is 4.13. The number of hydrogen-bond acceptors (Lipinski definition) is 6. The Hall–Kier alpha value is -2.06. The highest BCUT2D eigenvalue weighted by atomic mass is 32.1. The molecule has 3 heterocycles. The van der Waals surface area contributed by atoms with Crippen LogP contribution in [0.2, 0.25) is 0 Å². The summed E-state index contributed by atoms with van der Waals surface area (Å²) in [5.74, 6) is 0.141. The molecule has 7 nitrogen and oxygen atoms in total. The lowest BCUT2D eigenvalue weighted by Gasteiger charge is -2.40. The van der Waals surface area contributed by atoms with E-state index in [9.17, 15) is 9.59 Å². The van der Waals surface area contributed by atoms with E-state index < -0.39 is 0 Å². The SMILES string of the molecule is Cc1nc(-c2c(C)c(C)nn(C)c2=O)sc1C(=O)NCC1CCCOC1C(C)(C)C. The van der Waals surface area contributed by atoms with Gasteiger partial charge in [0.25, 0.3) is 11.5 Å². The minimum Gasteiger partial charge on any atom is -0.377 e. The Labute approximate surface area is 181 Å². The van der Waals surface area contributed by atoms with Crippen molar-refractivity contribution in [3.63, 3.8) is 0 Å². The highest BCUT2D eigenvalue weighted by molar-refractivity contribution is 7.17. The molecule has 0 aliphatic carbocycles. The van der Waals surface area contributed by atoms with Crippen LogP contribution < -0.4 is 10.9 Å². The standard InChI is InChI=1S/C22H32N4O3S/c1-12-13(2)25-26(7)21(28)16(12)20-24-14(3)17(30-20)19(27)23-11-15-9-8-10-29-18(15)22(4,5)6/h15,18H,8-11H2,1-7H3,(H,23,27). The van der Waals surface area contributed by atoms with Crippen LogP contribution in [0.25, 0.3) is 10.6 Å². The van der Waals surface area contributed by atoms with Gasteiger partial charge in [-0.25, -0.2) is 9.67 Å². The van der Waals surface area contributed by atoms with Crippen LogP contribution in [0.1, 0.15) is 60.2 Å². The number of rotatable bonds is 4. The average Bonchev–Trinajstić information content (AvgIpc) is 3.05. The molecule has 0 saturated carbocycles. The van der Waals surface area contributed by atoms with Crippen LogP contribution in [0.3, 0.4) is 0 Å². The van der Waals surface area contributed by atoms with E-state index in [0.29, 0.717) is 27.7 Å². The van der Waals surface area contributed by atoms with Crippen LogP contribution >= 0.6 is 11.3 Å². The first-order valence-electron chi connectivity index (χ1n) is 10.4. The van der Waals surface area contributed by atoms with Gasteiger partial charge in [0.05, 0.1) is 23.1 Å². The van der Waals surface area contributed by atoms with Crippen molar-refractivity contribution in [1.82, 2.24) is 20.1 Å². The summed E-state index contributed by atoms with van der Waals surface area (Å²) in [6.45, 7) is 13.4. The number of nitrogens with one attached hydrogen (secondary N) is 1. The minimum atomic E-state index is -0.203. The van der Waals surface area contributed by atoms with E-state index in [1.54, 1.807) is 7.05 Å². The third-order valence-electron chi connectivity index (χ3n) is 5.77. The van der Waals surface area contributed by atoms with Crippen LogP contribution in [0.5, 0.6) is 0 Å². The third-order valence-corrected chi connectivity index (χ3v) is 6.94. The molecule has 30 heavy (non-hydrogen) atoms. The molecule has 2 aromatic rings. The number of hydrogen-bond donors (Lipinski definition) is 1. The largest absolute Gasteiger partial charge is 0.377 e. The highest BCUT2D eigenvalue weighted by Crippen LogP contribution is 2.34. The van der Waals surface area contributed by atoms with Crippen molar-refractivity contribution in [1.29, 1.82) is 0 Å². The van der Waals surface area contributed by atoms with Crippen LogP contribution in [-0.4, -0.2) is 39.9 Å². The molecule has 1 fully saturated rings. The van der Waals surface area contributed by atoms with Crippen molar-refractivity contribution in [2.75, 3.05) is 13.2 Å². The van der Waals surface area contributed by atoms with Gasteiger partial charge in [0.1, 0.15) is 9.88 Å². The highest BCUT2D eigenvalue weighted by Gasteiger charge is 2.35. The van der Waals surface area contributed by atoms with Crippen LogP contribution in [-0.2, 0) is 11.8 Å². The number of aryl methyl sites for hydroxylation is 3. The van der Waals surface area contributed by atoms with Crippen molar-refractivity contribution >= 4 is 17.2 Å². The van der Waals surface area contributed by atoms with E-state index in [0.717, 1.165) is 30.7 Å². The Morgan fingerprint density at radius 2 is 1.97 bits per heavy atom. The van der Waals surface area contributed by atoms with E-state index in [1.807, 2.05) is 20.8 Å². The summed E-state index contributed by atoms with van der Waals surface area (Å²) in [6, 6.07) is 0. The molecular formula is C22H32N4O3S. The van der Waals surface area contributed by atoms with Crippen molar-refractivity contribution in [2.45, 2.75) is 60.5 Å². The van der Waals surface area contributed by atoms with Gasteiger partial charge in [-0.05, 0) is 44.6 Å². The van der Waals surface area contributed by atoms with Gasteiger partial charge >= 0.3 is 0 Å². The lowest BCUT2D eigenvalue weighted by molar-refractivity contribution is -0.0839. The number of carbonyl (C=O) groups is 1. The van der Waals surface area contributed by atoms with Crippen molar-refractivity contribution < 1.29 is 9.53 Å². The van der Waals surface area contributed by atoms with Gasteiger partial charge in [0, 0.05) is 26.1 Å². The van der Waals surface area contributed by atoms with E-state index in [-0.39, 0.29) is 28.9 Å². The molecule has 2 atom stereocenters. The molecule has 3 rings (SSSR count). The van der Waals surface area contributed by atoms with E-state index in [1.165, 1.54) is 16.0 Å². The summed E-state index contributed by atoms with van der Waals surface area (Å²) < 4.78 is 7.35. The zero-order valence-electron chi connectivity index (χ0n) is 19.0. The molecule has 2 unspecified atom stereocenters. The van der Waals surface area contributed by atoms with Crippen molar-refractivity contribution in [3.8, 4) is 10.6 Å². The van der Waals surface area contributed by atoms with Crippen molar-refractivity contribution in [2.24, 2.45) is 18.4 Å². The summed E-state index contributed by atoms with van der Waals surface area (Å²) in [4.78, 5) is 30.7. The molecule has 0 bridgehead atoms. The summed E-state index contributed by atoms with van der Waals surface area (Å²) >= 11 is 1.26. The topological polar surface area (TPSA) is 86.1 Å². The second-order valence-corrected chi connectivity index (χ2v) is 10.2. The Morgan fingerprint density at radius 3 is 2.63 bits per heavy atom. The van der Waals surface area contributed by atoms with E-state index in [2.05, 4.69) is 36.2 Å². The lowest BCUT2D eigenvalue weighted by atomic mass is 9.78. The zero-order valence-corrected chi connectivity index (χ0v) is 19.8. The molecule has 0 spiro atoms. The predicted molar refractivity (Wildman–Crippen MR) is 119 cm³/mol. The number of amides is 1. The summed E-state index contributed by atoms with van der Waals surface area (Å²) in [5.41, 5.74) is 2.55. The first-order valence-corrected chi connectivity index (χ1v) is 11.2. The maximum atomic E-state index is 12.9. The van der Waals surface area contributed by atoms with Gasteiger partial charge in [-0.15, -0.1) is 11.3 Å². The van der Waals surface area contributed by atoms with Gasteiger partial charge in [-0.1, -0.05) is 20.8 Å². The smallest absolute Gasteiger partial charge is 0.277 e. The molecule has 1 aliphatic heterocycles. The van der Waals surface area contributed by atoms with Gasteiger partial charge < -0.3 is 10.1 Å². The predicted octanol–water partition coefficient (Wildman–Crippen LogP) is 3.40. The summed E-state index contributed by atoms with van der Waals surface area (Å²) in [6.07, 6.45) is 2.18. The quantitative estimate of drug-likeness (QED) is 0.800. The fourth-order valence-corrected chi connectivity index (χ4v) is 5.20. The number of thiazole rings is 1.